The standard InChI is InChI=1S/C15H22N4O.ClH/c20-15(13-5-4-8-16-13)18-14-7-6-12(11-17-14)19-9-2-1-3-10-19;/h6-7,11,13,16H,1-5,8-10H2,(H,17,18,20);1H. The molecule has 0 aromatic carbocycles. The number of hydrogen-bond acceptors (Lipinski definition) is 4. The summed E-state index contributed by atoms with van der Waals surface area (Å²) in [4.78, 5) is 18.7. The van der Waals surface area contributed by atoms with Crippen LogP contribution in [0.2, 0.25) is 0 Å². The number of hydrogen-bond donors (Lipinski definition) is 2. The monoisotopic (exact) mass is 310 g/mol. The Kier molecular flexibility index (Phi) is 5.82. The fourth-order valence-corrected chi connectivity index (χ4v) is 2.92. The van der Waals surface area contributed by atoms with Crippen molar-refractivity contribution in [1.82, 2.24) is 10.3 Å². The molecule has 0 aliphatic carbocycles. The van der Waals surface area contributed by atoms with Crippen molar-refractivity contribution >= 4 is 29.8 Å². The quantitative estimate of drug-likeness (QED) is 0.898. The van der Waals surface area contributed by atoms with Gasteiger partial charge in [-0.25, -0.2) is 4.98 Å². The summed E-state index contributed by atoms with van der Waals surface area (Å²) in [5.41, 5.74) is 1.15. The van der Waals surface area contributed by atoms with E-state index >= 15 is 0 Å². The molecule has 1 amide bonds. The Morgan fingerprint density at radius 3 is 2.67 bits per heavy atom. The second-order valence-corrected chi connectivity index (χ2v) is 5.59. The van der Waals surface area contributed by atoms with Crippen LogP contribution < -0.4 is 15.5 Å². The smallest absolute Gasteiger partial charge is 0.242 e. The summed E-state index contributed by atoms with van der Waals surface area (Å²) < 4.78 is 0. The lowest BCUT2D eigenvalue weighted by molar-refractivity contribution is -0.117. The van der Waals surface area contributed by atoms with Crippen molar-refractivity contribution in [3.05, 3.63) is 18.3 Å². The maximum absolute atomic E-state index is 12.0. The van der Waals surface area contributed by atoms with Gasteiger partial charge in [-0.3, -0.25) is 4.79 Å². The van der Waals surface area contributed by atoms with Gasteiger partial charge in [0.05, 0.1) is 17.9 Å². The minimum Gasteiger partial charge on any atom is -0.370 e. The molecule has 0 bridgehead atoms. The van der Waals surface area contributed by atoms with Crippen molar-refractivity contribution < 1.29 is 4.79 Å². The third kappa shape index (κ3) is 4.08. The molecule has 1 unspecified atom stereocenters. The summed E-state index contributed by atoms with van der Waals surface area (Å²) >= 11 is 0. The Labute approximate surface area is 131 Å². The highest BCUT2D eigenvalue weighted by Crippen LogP contribution is 2.20. The number of carbonyl (C=O) groups excluding carboxylic acids is 1. The zero-order valence-corrected chi connectivity index (χ0v) is 13.0. The molecule has 2 saturated heterocycles. The maximum atomic E-state index is 12.0. The Balaban J connectivity index is 0.00000161. The first kappa shape index (κ1) is 16.0. The number of halogens is 1. The average molecular weight is 311 g/mol. The van der Waals surface area contributed by atoms with E-state index in [1.165, 1.54) is 19.3 Å². The van der Waals surface area contributed by atoms with E-state index in [0.29, 0.717) is 5.82 Å². The topological polar surface area (TPSA) is 57.3 Å². The van der Waals surface area contributed by atoms with Gasteiger partial charge >= 0.3 is 0 Å². The molecule has 3 rings (SSSR count). The van der Waals surface area contributed by atoms with Crippen molar-refractivity contribution in [1.29, 1.82) is 0 Å². The molecule has 2 N–H and O–H groups in total. The van der Waals surface area contributed by atoms with Crippen molar-refractivity contribution in [2.75, 3.05) is 29.9 Å². The van der Waals surface area contributed by atoms with Crippen molar-refractivity contribution in [3.8, 4) is 0 Å². The molecule has 1 aromatic rings. The summed E-state index contributed by atoms with van der Waals surface area (Å²) in [6.07, 6.45) is 7.68. The number of rotatable bonds is 3. The van der Waals surface area contributed by atoms with E-state index in [9.17, 15) is 4.79 Å². The normalized spacial score (nSPS) is 21.7. The number of pyridine rings is 1. The van der Waals surface area contributed by atoms with E-state index in [1.54, 1.807) is 0 Å². The molecule has 3 heterocycles. The van der Waals surface area contributed by atoms with E-state index in [1.807, 2.05) is 12.3 Å². The molecule has 21 heavy (non-hydrogen) atoms. The highest BCUT2D eigenvalue weighted by atomic mass is 35.5. The minimum absolute atomic E-state index is 0. The van der Waals surface area contributed by atoms with Crippen LogP contribution in [0.3, 0.4) is 0 Å². The van der Waals surface area contributed by atoms with Crippen LogP contribution in [0.1, 0.15) is 32.1 Å². The fourth-order valence-electron chi connectivity index (χ4n) is 2.92. The lowest BCUT2D eigenvalue weighted by Gasteiger charge is -2.28. The van der Waals surface area contributed by atoms with Gasteiger partial charge in [0.2, 0.25) is 5.91 Å². The fraction of sp³-hybridized carbons (Fsp3) is 0.600. The molecule has 1 aromatic heterocycles. The Hall–Kier alpha value is -1.33. The lowest BCUT2D eigenvalue weighted by Crippen LogP contribution is -2.35. The first-order valence-corrected chi connectivity index (χ1v) is 7.58. The number of nitrogens with one attached hydrogen (secondary N) is 2. The van der Waals surface area contributed by atoms with Crippen molar-refractivity contribution in [2.45, 2.75) is 38.1 Å². The van der Waals surface area contributed by atoms with Gasteiger partial charge in [0, 0.05) is 13.1 Å². The van der Waals surface area contributed by atoms with Crippen LogP contribution in [0.15, 0.2) is 18.3 Å². The van der Waals surface area contributed by atoms with Gasteiger partial charge in [0.25, 0.3) is 0 Å². The van der Waals surface area contributed by atoms with E-state index in [-0.39, 0.29) is 24.4 Å². The van der Waals surface area contributed by atoms with Crippen molar-refractivity contribution in [3.63, 3.8) is 0 Å². The van der Waals surface area contributed by atoms with Gasteiger partial charge in [-0.1, -0.05) is 0 Å². The zero-order chi connectivity index (χ0) is 13.8. The Bertz CT molecular complexity index is 453. The highest BCUT2D eigenvalue weighted by Gasteiger charge is 2.22. The molecule has 2 aliphatic rings. The third-order valence-corrected chi connectivity index (χ3v) is 4.10. The molecule has 2 fully saturated rings. The first-order valence-electron chi connectivity index (χ1n) is 7.58. The predicted molar refractivity (Wildman–Crippen MR) is 87.2 cm³/mol. The predicted octanol–water partition coefficient (Wildman–Crippen LogP) is 2.18. The molecule has 0 spiro atoms. The van der Waals surface area contributed by atoms with Gasteiger partial charge in [-0.15, -0.1) is 12.4 Å². The van der Waals surface area contributed by atoms with Gasteiger partial charge in [0.1, 0.15) is 5.82 Å². The largest absolute Gasteiger partial charge is 0.370 e. The summed E-state index contributed by atoms with van der Waals surface area (Å²) in [5, 5.41) is 6.07. The first-order chi connectivity index (χ1) is 9.83. The maximum Gasteiger partial charge on any atom is 0.242 e. The molecule has 2 aliphatic heterocycles. The van der Waals surface area contributed by atoms with Gasteiger partial charge in [-0.2, -0.15) is 0 Å². The summed E-state index contributed by atoms with van der Waals surface area (Å²) in [6, 6.07) is 3.89. The van der Waals surface area contributed by atoms with Crippen LogP contribution in [-0.4, -0.2) is 36.6 Å². The van der Waals surface area contributed by atoms with Crippen LogP contribution in [0.25, 0.3) is 0 Å². The van der Waals surface area contributed by atoms with Gasteiger partial charge < -0.3 is 15.5 Å². The molecule has 116 valence electrons. The van der Waals surface area contributed by atoms with Gasteiger partial charge in [0.15, 0.2) is 0 Å². The van der Waals surface area contributed by atoms with Crippen LogP contribution in [0, 0.1) is 0 Å². The van der Waals surface area contributed by atoms with Crippen molar-refractivity contribution in [2.24, 2.45) is 0 Å². The molecule has 0 radical (unpaired) electrons. The van der Waals surface area contributed by atoms with Crippen LogP contribution >= 0.6 is 12.4 Å². The SMILES string of the molecule is Cl.O=C(Nc1ccc(N2CCCCC2)cn1)C1CCCN1. The van der Waals surface area contributed by atoms with Crippen LogP contribution in [0.4, 0.5) is 11.5 Å². The zero-order valence-electron chi connectivity index (χ0n) is 12.2. The number of anilines is 2. The Morgan fingerprint density at radius 1 is 1.24 bits per heavy atom. The van der Waals surface area contributed by atoms with E-state index < -0.39 is 0 Å². The summed E-state index contributed by atoms with van der Waals surface area (Å²) in [7, 11) is 0. The molecular weight excluding hydrogens is 288 g/mol. The van der Waals surface area contributed by atoms with Gasteiger partial charge in [-0.05, 0) is 50.8 Å². The van der Waals surface area contributed by atoms with E-state index in [0.717, 1.165) is 38.2 Å². The lowest BCUT2D eigenvalue weighted by atomic mass is 10.1. The third-order valence-electron chi connectivity index (χ3n) is 4.10. The van der Waals surface area contributed by atoms with Crippen LogP contribution in [-0.2, 0) is 4.79 Å². The number of nitrogens with zero attached hydrogens (tertiary/aromatic N) is 2. The van der Waals surface area contributed by atoms with Crippen LogP contribution in [0.5, 0.6) is 0 Å². The molecule has 0 saturated carbocycles. The van der Waals surface area contributed by atoms with E-state index in [4.69, 9.17) is 0 Å². The summed E-state index contributed by atoms with van der Waals surface area (Å²) in [6.45, 7) is 3.15. The molecule has 1 atom stereocenters. The average Bonchev–Trinajstić information content (AvgIpc) is 3.03. The number of aromatic nitrogens is 1. The number of piperidine rings is 1. The molecular formula is C15H23ClN4O. The Morgan fingerprint density at radius 2 is 2.05 bits per heavy atom. The second kappa shape index (κ2) is 7.61. The highest BCUT2D eigenvalue weighted by molar-refractivity contribution is 5.94. The number of amides is 1. The second-order valence-electron chi connectivity index (χ2n) is 5.59. The molecule has 6 heteroatoms. The minimum atomic E-state index is -0.0569. The summed E-state index contributed by atoms with van der Waals surface area (Å²) in [5.74, 6) is 0.671. The number of carbonyl (C=O) groups is 1. The van der Waals surface area contributed by atoms with E-state index in [2.05, 4.69) is 26.6 Å². The molecule has 5 nitrogen and oxygen atoms in total.